The number of amides is 2. The Labute approximate surface area is 177 Å². The average molecular weight is 431 g/mol. The number of primary amides is 1. The van der Waals surface area contributed by atoms with Gasteiger partial charge in [0.15, 0.2) is 0 Å². The molecule has 4 nitrogen and oxygen atoms in total. The summed E-state index contributed by atoms with van der Waals surface area (Å²) in [6.07, 6.45) is 0.323. The standard InChI is InChI=1S/C21H19ClN2O2S2/c1-13-18(14-5-3-2-4-6-14)19(20(23)26)21(28-13)24-17(25)11-12-27-16-9-7-15(22)8-10-16/h2-10H,11-12H2,1H3,(H2,23,26)(H,24,25). The summed E-state index contributed by atoms with van der Waals surface area (Å²) in [6.45, 7) is 1.92. The van der Waals surface area contributed by atoms with Crippen LogP contribution in [0.3, 0.4) is 0 Å². The molecule has 28 heavy (non-hydrogen) atoms. The van der Waals surface area contributed by atoms with E-state index in [2.05, 4.69) is 5.32 Å². The number of nitrogens with two attached hydrogens (primary N) is 1. The Morgan fingerprint density at radius 3 is 2.43 bits per heavy atom. The third-order valence-electron chi connectivity index (χ3n) is 4.06. The van der Waals surface area contributed by atoms with Gasteiger partial charge in [-0.3, -0.25) is 9.59 Å². The third-order valence-corrected chi connectivity index (χ3v) is 6.34. The molecular weight excluding hydrogens is 412 g/mol. The Kier molecular flexibility index (Phi) is 6.78. The van der Waals surface area contributed by atoms with E-state index in [1.54, 1.807) is 11.8 Å². The molecule has 2 aromatic carbocycles. The Morgan fingerprint density at radius 2 is 1.79 bits per heavy atom. The molecule has 0 fully saturated rings. The fraction of sp³-hybridized carbons (Fsp3) is 0.143. The van der Waals surface area contributed by atoms with E-state index in [4.69, 9.17) is 17.3 Å². The molecule has 2 amide bonds. The van der Waals surface area contributed by atoms with Crippen LogP contribution in [0.15, 0.2) is 59.5 Å². The van der Waals surface area contributed by atoms with Crippen molar-refractivity contribution in [3.8, 4) is 11.1 Å². The van der Waals surface area contributed by atoms with Crippen LogP contribution in [-0.2, 0) is 4.79 Å². The van der Waals surface area contributed by atoms with Crippen molar-refractivity contribution in [3.05, 3.63) is 70.1 Å². The molecule has 0 aliphatic heterocycles. The molecule has 0 bridgehead atoms. The van der Waals surface area contributed by atoms with Gasteiger partial charge in [0, 0.05) is 32.5 Å². The van der Waals surface area contributed by atoms with E-state index in [0.29, 0.717) is 27.8 Å². The van der Waals surface area contributed by atoms with Gasteiger partial charge in [-0.15, -0.1) is 23.1 Å². The molecule has 7 heteroatoms. The molecule has 0 spiro atoms. The van der Waals surface area contributed by atoms with E-state index >= 15 is 0 Å². The van der Waals surface area contributed by atoms with Crippen LogP contribution in [0.4, 0.5) is 5.00 Å². The van der Waals surface area contributed by atoms with Crippen LogP contribution in [0.25, 0.3) is 11.1 Å². The zero-order valence-electron chi connectivity index (χ0n) is 15.2. The van der Waals surface area contributed by atoms with Gasteiger partial charge in [-0.1, -0.05) is 41.9 Å². The highest BCUT2D eigenvalue weighted by atomic mass is 35.5. The fourth-order valence-electron chi connectivity index (χ4n) is 2.80. The number of hydrogen-bond donors (Lipinski definition) is 2. The maximum absolute atomic E-state index is 12.4. The monoisotopic (exact) mass is 430 g/mol. The van der Waals surface area contributed by atoms with Gasteiger partial charge in [0.2, 0.25) is 5.91 Å². The second-order valence-corrected chi connectivity index (χ2v) is 8.90. The number of anilines is 1. The van der Waals surface area contributed by atoms with E-state index < -0.39 is 5.91 Å². The SMILES string of the molecule is Cc1sc(NC(=O)CCSc2ccc(Cl)cc2)c(C(N)=O)c1-c1ccccc1. The summed E-state index contributed by atoms with van der Waals surface area (Å²) in [5, 5.41) is 4.05. The van der Waals surface area contributed by atoms with Crippen molar-refractivity contribution >= 4 is 51.5 Å². The molecule has 0 saturated heterocycles. The third kappa shape index (κ3) is 4.95. The molecule has 0 aliphatic rings. The van der Waals surface area contributed by atoms with Gasteiger partial charge in [0.1, 0.15) is 5.00 Å². The summed E-state index contributed by atoms with van der Waals surface area (Å²) in [5.41, 5.74) is 7.69. The van der Waals surface area contributed by atoms with E-state index in [0.717, 1.165) is 20.9 Å². The van der Waals surface area contributed by atoms with Crippen LogP contribution in [-0.4, -0.2) is 17.6 Å². The number of benzene rings is 2. The molecule has 3 N–H and O–H groups in total. The first-order valence-electron chi connectivity index (χ1n) is 8.62. The highest BCUT2D eigenvalue weighted by Crippen LogP contribution is 2.39. The molecule has 0 aliphatic carbocycles. The van der Waals surface area contributed by atoms with Gasteiger partial charge in [-0.2, -0.15) is 0 Å². The average Bonchev–Trinajstić information content (AvgIpc) is 3.00. The molecule has 0 atom stereocenters. The van der Waals surface area contributed by atoms with Gasteiger partial charge in [0.25, 0.3) is 5.91 Å². The molecule has 0 radical (unpaired) electrons. The summed E-state index contributed by atoms with van der Waals surface area (Å²) < 4.78 is 0. The lowest BCUT2D eigenvalue weighted by molar-refractivity contribution is -0.115. The van der Waals surface area contributed by atoms with Crippen LogP contribution in [0.2, 0.25) is 5.02 Å². The number of carbonyl (C=O) groups excluding carboxylic acids is 2. The Morgan fingerprint density at radius 1 is 1.11 bits per heavy atom. The van der Waals surface area contributed by atoms with Crippen molar-refractivity contribution in [2.45, 2.75) is 18.2 Å². The summed E-state index contributed by atoms with van der Waals surface area (Å²) >= 11 is 8.82. The highest BCUT2D eigenvalue weighted by Gasteiger charge is 2.22. The highest BCUT2D eigenvalue weighted by molar-refractivity contribution is 7.99. The molecule has 3 aromatic rings. The van der Waals surface area contributed by atoms with Crippen LogP contribution >= 0.6 is 34.7 Å². The fourth-order valence-corrected chi connectivity index (χ4v) is 4.88. The van der Waals surface area contributed by atoms with Crippen molar-refractivity contribution in [3.63, 3.8) is 0 Å². The number of hydrogen-bond acceptors (Lipinski definition) is 4. The van der Waals surface area contributed by atoms with Gasteiger partial charge < -0.3 is 11.1 Å². The maximum atomic E-state index is 12.4. The van der Waals surface area contributed by atoms with Gasteiger partial charge in [0.05, 0.1) is 5.56 Å². The molecule has 1 heterocycles. The number of rotatable bonds is 7. The van der Waals surface area contributed by atoms with E-state index in [9.17, 15) is 9.59 Å². The normalized spacial score (nSPS) is 10.6. The Balaban J connectivity index is 1.70. The van der Waals surface area contributed by atoms with Gasteiger partial charge >= 0.3 is 0 Å². The zero-order chi connectivity index (χ0) is 20.1. The number of carbonyl (C=O) groups is 2. The number of thiophene rings is 1. The lowest BCUT2D eigenvalue weighted by Crippen LogP contribution is -2.17. The molecule has 0 unspecified atom stereocenters. The Bertz CT molecular complexity index is 986. The van der Waals surface area contributed by atoms with E-state index in [1.165, 1.54) is 11.3 Å². The summed E-state index contributed by atoms with van der Waals surface area (Å²) in [7, 11) is 0. The summed E-state index contributed by atoms with van der Waals surface area (Å²) in [4.78, 5) is 26.5. The quantitative estimate of drug-likeness (QED) is 0.479. The minimum atomic E-state index is -0.547. The number of aryl methyl sites for hydroxylation is 1. The topological polar surface area (TPSA) is 72.2 Å². The lowest BCUT2D eigenvalue weighted by atomic mass is 10.0. The molecule has 1 aromatic heterocycles. The predicted octanol–water partition coefficient (Wildman–Crippen LogP) is 5.60. The van der Waals surface area contributed by atoms with E-state index in [-0.39, 0.29) is 5.91 Å². The smallest absolute Gasteiger partial charge is 0.252 e. The first-order chi connectivity index (χ1) is 13.5. The molecule has 144 valence electrons. The minimum Gasteiger partial charge on any atom is -0.365 e. The van der Waals surface area contributed by atoms with Gasteiger partial charge in [-0.05, 0) is 36.8 Å². The first kappa shape index (κ1) is 20.5. The Hall–Kier alpha value is -2.28. The first-order valence-corrected chi connectivity index (χ1v) is 10.8. The largest absolute Gasteiger partial charge is 0.365 e. The van der Waals surface area contributed by atoms with Crippen LogP contribution in [0.1, 0.15) is 21.7 Å². The van der Waals surface area contributed by atoms with Crippen LogP contribution in [0.5, 0.6) is 0 Å². The van der Waals surface area contributed by atoms with Gasteiger partial charge in [-0.25, -0.2) is 0 Å². The second kappa shape index (κ2) is 9.28. The lowest BCUT2D eigenvalue weighted by Gasteiger charge is -2.07. The van der Waals surface area contributed by atoms with Crippen molar-refractivity contribution in [2.75, 3.05) is 11.1 Å². The number of nitrogens with one attached hydrogen (secondary N) is 1. The van der Waals surface area contributed by atoms with E-state index in [1.807, 2.05) is 61.5 Å². The zero-order valence-corrected chi connectivity index (χ0v) is 17.6. The molecular formula is C21H19ClN2O2S2. The van der Waals surface area contributed by atoms with Crippen molar-refractivity contribution in [2.24, 2.45) is 5.73 Å². The number of thioether (sulfide) groups is 1. The minimum absolute atomic E-state index is 0.148. The predicted molar refractivity (Wildman–Crippen MR) is 118 cm³/mol. The number of halogens is 1. The van der Waals surface area contributed by atoms with Crippen LogP contribution in [0, 0.1) is 6.92 Å². The summed E-state index contributed by atoms with van der Waals surface area (Å²) in [5.74, 6) is -0.0752. The van der Waals surface area contributed by atoms with Crippen molar-refractivity contribution < 1.29 is 9.59 Å². The second-order valence-electron chi connectivity index (χ2n) is 6.07. The van der Waals surface area contributed by atoms with Crippen LogP contribution < -0.4 is 11.1 Å². The molecule has 0 saturated carbocycles. The van der Waals surface area contributed by atoms with Crippen molar-refractivity contribution in [1.29, 1.82) is 0 Å². The van der Waals surface area contributed by atoms with Crippen molar-refractivity contribution in [1.82, 2.24) is 0 Å². The molecule has 3 rings (SSSR count). The summed E-state index contributed by atoms with van der Waals surface area (Å²) in [6, 6.07) is 17.1. The maximum Gasteiger partial charge on any atom is 0.252 e.